The Morgan fingerprint density at radius 2 is 2.08 bits per heavy atom. The van der Waals surface area contributed by atoms with Crippen LogP contribution in [0.4, 0.5) is 0 Å². The van der Waals surface area contributed by atoms with Crippen LogP contribution in [0.1, 0.15) is 11.5 Å². The second kappa shape index (κ2) is 3.21. The lowest BCUT2D eigenvalue weighted by Crippen LogP contribution is -2.27. The number of hydrogen-bond acceptors (Lipinski definition) is 3. The van der Waals surface area contributed by atoms with Crippen LogP contribution in [-0.2, 0) is 0 Å². The third-order valence-corrected chi connectivity index (χ3v) is 2.40. The molecule has 1 aromatic heterocycles. The number of rotatable bonds is 1. The van der Waals surface area contributed by atoms with Crippen LogP contribution in [0.2, 0.25) is 0 Å². The van der Waals surface area contributed by atoms with Crippen LogP contribution >= 0.6 is 0 Å². The first-order valence-electron chi connectivity index (χ1n) is 4.24. The van der Waals surface area contributed by atoms with Gasteiger partial charge in [0.1, 0.15) is 0 Å². The van der Waals surface area contributed by atoms with Crippen LogP contribution in [-0.4, -0.2) is 24.1 Å². The van der Waals surface area contributed by atoms with Crippen LogP contribution in [0.3, 0.4) is 0 Å². The van der Waals surface area contributed by atoms with Crippen molar-refractivity contribution in [3.8, 4) is 0 Å². The molecule has 0 aromatic carbocycles. The zero-order valence-corrected chi connectivity index (χ0v) is 6.90. The fourth-order valence-electron chi connectivity index (χ4n) is 1.67. The minimum Gasteiger partial charge on any atom is -0.326 e. The fraction of sp³-hybridized carbons (Fsp3) is 0.444. The van der Waals surface area contributed by atoms with Gasteiger partial charge < -0.3 is 11.1 Å². The van der Waals surface area contributed by atoms with Crippen molar-refractivity contribution in [1.82, 2.24) is 10.3 Å². The summed E-state index contributed by atoms with van der Waals surface area (Å²) in [6.07, 6.45) is 3.64. The van der Waals surface area contributed by atoms with Crippen LogP contribution in [0.5, 0.6) is 0 Å². The van der Waals surface area contributed by atoms with E-state index >= 15 is 0 Å². The molecule has 2 atom stereocenters. The second-order valence-corrected chi connectivity index (χ2v) is 3.21. The number of pyridine rings is 1. The predicted octanol–water partition coefficient (Wildman–Crippen LogP) is 0.0957. The van der Waals surface area contributed by atoms with E-state index in [2.05, 4.69) is 10.3 Å². The Kier molecular flexibility index (Phi) is 2.06. The molecule has 1 saturated heterocycles. The van der Waals surface area contributed by atoms with E-state index in [4.69, 9.17) is 5.73 Å². The van der Waals surface area contributed by atoms with Gasteiger partial charge in [0.05, 0.1) is 0 Å². The van der Waals surface area contributed by atoms with E-state index in [-0.39, 0.29) is 6.04 Å². The molecular weight excluding hydrogens is 150 g/mol. The Hall–Kier alpha value is -0.930. The molecule has 3 N–H and O–H groups in total. The lowest BCUT2D eigenvalue weighted by Gasteiger charge is -2.13. The van der Waals surface area contributed by atoms with Gasteiger partial charge in [0.2, 0.25) is 0 Å². The maximum atomic E-state index is 5.93. The molecule has 1 aliphatic heterocycles. The molecule has 0 unspecified atom stereocenters. The van der Waals surface area contributed by atoms with E-state index < -0.39 is 0 Å². The Labute approximate surface area is 72.0 Å². The fourth-order valence-corrected chi connectivity index (χ4v) is 1.67. The summed E-state index contributed by atoms with van der Waals surface area (Å²) >= 11 is 0. The molecule has 0 bridgehead atoms. The molecule has 1 aromatic rings. The van der Waals surface area contributed by atoms with Crippen LogP contribution in [0, 0.1) is 0 Å². The molecule has 2 heterocycles. The first-order chi connectivity index (χ1) is 5.88. The van der Waals surface area contributed by atoms with E-state index in [1.54, 1.807) is 0 Å². The number of nitrogens with two attached hydrogens (primary N) is 1. The summed E-state index contributed by atoms with van der Waals surface area (Å²) in [6, 6.07) is 4.34. The number of nitrogens with zero attached hydrogens (tertiary/aromatic N) is 1. The third kappa shape index (κ3) is 1.33. The highest BCUT2D eigenvalue weighted by atomic mass is 15.0. The smallest absolute Gasteiger partial charge is 0.0270 e. The van der Waals surface area contributed by atoms with Gasteiger partial charge in [-0.05, 0) is 17.7 Å². The van der Waals surface area contributed by atoms with Crippen molar-refractivity contribution in [2.45, 2.75) is 12.0 Å². The van der Waals surface area contributed by atoms with Crippen molar-refractivity contribution in [2.24, 2.45) is 5.73 Å². The van der Waals surface area contributed by atoms with Gasteiger partial charge in [-0.3, -0.25) is 4.98 Å². The van der Waals surface area contributed by atoms with E-state index in [1.807, 2.05) is 24.5 Å². The average molecular weight is 163 g/mol. The molecule has 0 aliphatic carbocycles. The lowest BCUT2D eigenvalue weighted by atomic mass is 9.96. The molecule has 3 nitrogen and oxygen atoms in total. The second-order valence-electron chi connectivity index (χ2n) is 3.21. The number of hydrogen-bond donors (Lipinski definition) is 2. The summed E-state index contributed by atoms with van der Waals surface area (Å²) in [4.78, 5) is 3.98. The number of aromatic nitrogens is 1. The van der Waals surface area contributed by atoms with Gasteiger partial charge >= 0.3 is 0 Å². The van der Waals surface area contributed by atoms with Gasteiger partial charge in [0.15, 0.2) is 0 Å². The normalized spacial score (nSPS) is 29.1. The molecule has 0 radical (unpaired) electrons. The van der Waals surface area contributed by atoms with Gasteiger partial charge in [-0.15, -0.1) is 0 Å². The van der Waals surface area contributed by atoms with E-state index in [0.29, 0.717) is 5.92 Å². The number of nitrogens with one attached hydrogen (secondary N) is 1. The minimum atomic E-state index is 0.257. The minimum absolute atomic E-state index is 0.257. The molecule has 3 heteroatoms. The zero-order chi connectivity index (χ0) is 8.39. The highest BCUT2D eigenvalue weighted by Crippen LogP contribution is 2.20. The molecular formula is C9H13N3. The Morgan fingerprint density at radius 1 is 1.33 bits per heavy atom. The monoisotopic (exact) mass is 163 g/mol. The van der Waals surface area contributed by atoms with Gasteiger partial charge in [-0.25, -0.2) is 0 Å². The predicted molar refractivity (Wildman–Crippen MR) is 47.8 cm³/mol. The summed E-state index contributed by atoms with van der Waals surface area (Å²) in [6.45, 7) is 1.91. The zero-order valence-electron chi connectivity index (χ0n) is 6.90. The Balaban J connectivity index is 2.19. The van der Waals surface area contributed by atoms with Gasteiger partial charge in [0.25, 0.3) is 0 Å². The van der Waals surface area contributed by atoms with Crippen molar-refractivity contribution >= 4 is 0 Å². The Bertz CT molecular complexity index is 247. The van der Waals surface area contributed by atoms with Crippen molar-refractivity contribution in [3.05, 3.63) is 30.1 Å². The summed E-state index contributed by atoms with van der Waals surface area (Å²) in [7, 11) is 0. The van der Waals surface area contributed by atoms with Gasteiger partial charge in [-0.2, -0.15) is 0 Å². The van der Waals surface area contributed by atoms with Gasteiger partial charge in [0, 0.05) is 37.4 Å². The Morgan fingerprint density at radius 3 is 2.67 bits per heavy atom. The third-order valence-electron chi connectivity index (χ3n) is 2.40. The molecule has 12 heavy (non-hydrogen) atoms. The topological polar surface area (TPSA) is 50.9 Å². The standard InChI is InChI=1S/C9H13N3/c10-9-6-12-5-8(9)7-1-3-11-4-2-7/h1-4,8-9,12H,5-6,10H2/t8-,9+/m0/s1. The first kappa shape index (κ1) is 7.71. The summed E-state index contributed by atoms with van der Waals surface area (Å²) in [5, 5.41) is 3.28. The summed E-state index contributed by atoms with van der Waals surface area (Å²) < 4.78 is 0. The molecule has 64 valence electrons. The summed E-state index contributed by atoms with van der Waals surface area (Å²) in [5.74, 6) is 0.466. The van der Waals surface area contributed by atoms with Crippen molar-refractivity contribution in [2.75, 3.05) is 13.1 Å². The first-order valence-corrected chi connectivity index (χ1v) is 4.24. The van der Waals surface area contributed by atoms with Crippen LogP contribution in [0.25, 0.3) is 0 Å². The molecule has 0 saturated carbocycles. The van der Waals surface area contributed by atoms with E-state index in [1.165, 1.54) is 5.56 Å². The molecule has 0 amide bonds. The van der Waals surface area contributed by atoms with E-state index in [0.717, 1.165) is 13.1 Å². The highest BCUT2D eigenvalue weighted by molar-refractivity contribution is 5.20. The molecule has 1 aliphatic rings. The largest absolute Gasteiger partial charge is 0.326 e. The SMILES string of the molecule is N[C@@H]1CNC[C@H]1c1ccncc1. The van der Waals surface area contributed by atoms with Gasteiger partial charge in [-0.1, -0.05) is 0 Å². The molecule has 1 fully saturated rings. The van der Waals surface area contributed by atoms with E-state index in [9.17, 15) is 0 Å². The highest BCUT2D eigenvalue weighted by Gasteiger charge is 2.24. The lowest BCUT2D eigenvalue weighted by molar-refractivity contribution is 0.652. The van der Waals surface area contributed by atoms with Crippen LogP contribution < -0.4 is 11.1 Å². The maximum Gasteiger partial charge on any atom is 0.0270 e. The quantitative estimate of drug-likeness (QED) is 0.617. The molecule has 2 rings (SSSR count). The molecule has 0 spiro atoms. The van der Waals surface area contributed by atoms with Crippen molar-refractivity contribution < 1.29 is 0 Å². The average Bonchev–Trinajstić information content (AvgIpc) is 2.53. The maximum absolute atomic E-state index is 5.93. The van der Waals surface area contributed by atoms with Crippen molar-refractivity contribution in [3.63, 3.8) is 0 Å². The van der Waals surface area contributed by atoms with Crippen LogP contribution in [0.15, 0.2) is 24.5 Å². The summed E-state index contributed by atoms with van der Waals surface area (Å²) in [5.41, 5.74) is 7.22. The van der Waals surface area contributed by atoms with Crippen molar-refractivity contribution in [1.29, 1.82) is 0 Å².